The fraction of sp³-hybridized carbons (Fsp3) is 0.385. The zero-order chi connectivity index (χ0) is 13.7. The molecular formula is C13H18N4S2. The molecule has 0 bridgehead atoms. The topological polar surface area (TPSA) is 41.0 Å². The lowest BCUT2D eigenvalue weighted by Gasteiger charge is -2.22. The number of nitrogens with one attached hydrogen (secondary N) is 1. The quantitative estimate of drug-likeness (QED) is 0.654. The van der Waals surface area contributed by atoms with Crippen molar-refractivity contribution in [1.29, 1.82) is 0 Å². The third-order valence-corrected chi connectivity index (χ3v) is 4.17. The number of nitrogens with zero attached hydrogens (tertiary/aromatic N) is 3. The second-order valence-electron chi connectivity index (χ2n) is 3.94. The first-order valence-corrected chi connectivity index (χ1v) is 8.25. The number of rotatable bonds is 6. The fourth-order valence-electron chi connectivity index (χ4n) is 1.74. The summed E-state index contributed by atoms with van der Waals surface area (Å²) in [4.78, 5) is 12.6. The van der Waals surface area contributed by atoms with Crippen molar-refractivity contribution >= 4 is 34.7 Å². The zero-order valence-electron chi connectivity index (χ0n) is 11.4. The first-order chi connectivity index (χ1) is 9.26. The SMILES string of the molecule is CCN(Cc1cccs1)c1cc(NC)nc(SC)n1. The van der Waals surface area contributed by atoms with Gasteiger partial charge in [-0.15, -0.1) is 11.3 Å². The first-order valence-electron chi connectivity index (χ1n) is 6.15. The summed E-state index contributed by atoms with van der Waals surface area (Å²) in [6.07, 6.45) is 1.99. The summed E-state index contributed by atoms with van der Waals surface area (Å²) in [5.74, 6) is 1.83. The summed E-state index contributed by atoms with van der Waals surface area (Å²) in [7, 11) is 1.88. The summed E-state index contributed by atoms with van der Waals surface area (Å²) < 4.78 is 0. The van der Waals surface area contributed by atoms with E-state index in [9.17, 15) is 0 Å². The number of hydrogen-bond donors (Lipinski definition) is 1. The molecule has 0 radical (unpaired) electrons. The molecule has 4 nitrogen and oxygen atoms in total. The van der Waals surface area contributed by atoms with Gasteiger partial charge >= 0.3 is 0 Å². The van der Waals surface area contributed by atoms with Gasteiger partial charge in [-0.05, 0) is 24.6 Å². The molecule has 2 aromatic rings. The first kappa shape index (κ1) is 14.1. The molecular weight excluding hydrogens is 276 g/mol. The number of anilines is 2. The highest BCUT2D eigenvalue weighted by atomic mass is 32.2. The lowest BCUT2D eigenvalue weighted by Crippen LogP contribution is -2.23. The molecule has 0 fully saturated rings. The number of thioether (sulfide) groups is 1. The standard InChI is InChI=1S/C13H18N4S2/c1-4-17(9-10-6-5-7-19-10)12-8-11(14-2)15-13(16-12)18-3/h5-8H,4,9H2,1-3H3,(H,14,15,16). The van der Waals surface area contributed by atoms with Crippen LogP contribution >= 0.6 is 23.1 Å². The molecule has 1 N–H and O–H groups in total. The Morgan fingerprint density at radius 3 is 2.84 bits per heavy atom. The van der Waals surface area contributed by atoms with E-state index in [0.717, 1.165) is 29.9 Å². The molecule has 0 unspecified atom stereocenters. The van der Waals surface area contributed by atoms with Crippen molar-refractivity contribution in [2.75, 3.05) is 30.1 Å². The second-order valence-corrected chi connectivity index (χ2v) is 5.75. The third-order valence-electron chi connectivity index (χ3n) is 2.76. The van der Waals surface area contributed by atoms with Gasteiger partial charge < -0.3 is 10.2 Å². The molecule has 2 rings (SSSR count). The highest BCUT2D eigenvalue weighted by Crippen LogP contribution is 2.22. The van der Waals surface area contributed by atoms with Crippen molar-refractivity contribution in [3.63, 3.8) is 0 Å². The monoisotopic (exact) mass is 294 g/mol. The maximum Gasteiger partial charge on any atom is 0.191 e. The summed E-state index contributed by atoms with van der Waals surface area (Å²) in [5, 5.41) is 6.00. The van der Waals surface area contributed by atoms with Crippen molar-refractivity contribution < 1.29 is 0 Å². The summed E-state index contributed by atoms with van der Waals surface area (Å²) >= 11 is 3.34. The molecule has 0 amide bonds. The molecule has 0 atom stereocenters. The van der Waals surface area contributed by atoms with Crippen molar-refractivity contribution in [2.24, 2.45) is 0 Å². The Balaban J connectivity index is 2.26. The third kappa shape index (κ3) is 3.61. The molecule has 0 aliphatic rings. The van der Waals surface area contributed by atoms with E-state index in [1.807, 2.05) is 19.4 Å². The summed E-state index contributed by atoms with van der Waals surface area (Å²) in [6.45, 7) is 3.96. The van der Waals surface area contributed by atoms with Crippen LogP contribution in [0.4, 0.5) is 11.6 Å². The molecule has 0 aliphatic carbocycles. The Morgan fingerprint density at radius 1 is 1.42 bits per heavy atom. The van der Waals surface area contributed by atoms with Crippen LogP contribution in [0.1, 0.15) is 11.8 Å². The highest BCUT2D eigenvalue weighted by Gasteiger charge is 2.11. The van der Waals surface area contributed by atoms with Gasteiger partial charge in [0.15, 0.2) is 5.16 Å². The van der Waals surface area contributed by atoms with E-state index >= 15 is 0 Å². The number of aromatic nitrogens is 2. The van der Waals surface area contributed by atoms with E-state index in [1.54, 1.807) is 23.1 Å². The molecule has 0 saturated carbocycles. The predicted molar refractivity (Wildman–Crippen MR) is 84.4 cm³/mol. The molecule has 2 heterocycles. The zero-order valence-corrected chi connectivity index (χ0v) is 13.0. The normalized spacial score (nSPS) is 10.5. The van der Waals surface area contributed by atoms with Gasteiger partial charge in [0.1, 0.15) is 11.6 Å². The lowest BCUT2D eigenvalue weighted by atomic mass is 10.4. The Bertz CT molecular complexity index is 491. The Morgan fingerprint density at radius 2 is 2.26 bits per heavy atom. The molecule has 0 saturated heterocycles. The van der Waals surface area contributed by atoms with Crippen LogP contribution in [0.3, 0.4) is 0 Å². The smallest absolute Gasteiger partial charge is 0.191 e. The average molecular weight is 294 g/mol. The Kier molecular flexibility index (Phi) is 5.04. The summed E-state index contributed by atoms with van der Waals surface area (Å²) in [5.41, 5.74) is 0. The largest absolute Gasteiger partial charge is 0.373 e. The average Bonchev–Trinajstić information content (AvgIpc) is 2.97. The van der Waals surface area contributed by atoms with E-state index in [4.69, 9.17) is 0 Å². The van der Waals surface area contributed by atoms with Crippen LogP contribution in [0.2, 0.25) is 0 Å². The molecule has 102 valence electrons. The predicted octanol–water partition coefficient (Wildman–Crippen LogP) is 3.33. The van der Waals surface area contributed by atoms with Gasteiger partial charge in [-0.1, -0.05) is 17.8 Å². The van der Waals surface area contributed by atoms with Crippen molar-refractivity contribution in [1.82, 2.24) is 9.97 Å². The van der Waals surface area contributed by atoms with Gasteiger partial charge in [-0.2, -0.15) is 0 Å². The van der Waals surface area contributed by atoms with Gasteiger partial charge in [0.05, 0.1) is 6.54 Å². The van der Waals surface area contributed by atoms with Crippen LogP contribution < -0.4 is 10.2 Å². The molecule has 0 aliphatic heterocycles. The summed E-state index contributed by atoms with van der Waals surface area (Å²) in [6, 6.07) is 6.24. The Hall–Kier alpha value is -1.27. The van der Waals surface area contributed by atoms with Crippen LogP contribution in [0.15, 0.2) is 28.7 Å². The van der Waals surface area contributed by atoms with Gasteiger partial charge in [-0.3, -0.25) is 0 Å². The maximum absolute atomic E-state index is 4.59. The van der Waals surface area contributed by atoms with Crippen molar-refractivity contribution in [3.8, 4) is 0 Å². The lowest BCUT2D eigenvalue weighted by molar-refractivity contribution is 0.801. The van der Waals surface area contributed by atoms with E-state index in [-0.39, 0.29) is 0 Å². The highest BCUT2D eigenvalue weighted by molar-refractivity contribution is 7.98. The fourth-order valence-corrected chi connectivity index (χ4v) is 2.83. The Labute approximate surface area is 122 Å². The van der Waals surface area contributed by atoms with Gasteiger partial charge in [0.25, 0.3) is 0 Å². The van der Waals surface area contributed by atoms with Crippen molar-refractivity contribution in [2.45, 2.75) is 18.6 Å². The van der Waals surface area contributed by atoms with Gasteiger partial charge in [0, 0.05) is 24.5 Å². The number of thiophene rings is 1. The van der Waals surface area contributed by atoms with E-state index in [1.165, 1.54) is 4.88 Å². The molecule has 19 heavy (non-hydrogen) atoms. The number of hydrogen-bond acceptors (Lipinski definition) is 6. The van der Waals surface area contributed by atoms with Crippen LogP contribution in [0, 0.1) is 0 Å². The minimum atomic E-state index is 0.798. The molecule has 6 heteroatoms. The van der Waals surface area contributed by atoms with E-state index in [0.29, 0.717) is 0 Å². The molecule has 0 spiro atoms. The van der Waals surface area contributed by atoms with Crippen LogP contribution in [0.25, 0.3) is 0 Å². The van der Waals surface area contributed by atoms with Gasteiger partial charge in [-0.25, -0.2) is 9.97 Å². The maximum atomic E-state index is 4.59. The molecule has 2 aromatic heterocycles. The van der Waals surface area contributed by atoms with E-state index in [2.05, 4.69) is 44.6 Å². The van der Waals surface area contributed by atoms with Crippen molar-refractivity contribution in [3.05, 3.63) is 28.5 Å². The van der Waals surface area contributed by atoms with Gasteiger partial charge in [0.2, 0.25) is 0 Å². The molecule has 0 aromatic carbocycles. The van der Waals surface area contributed by atoms with Crippen LogP contribution in [-0.4, -0.2) is 29.8 Å². The second kappa shape index (κ2) is 6.77. The minimum absolute atomic E-state index is 0.798. The van der Waals surface area contributed by atoms with E-state index < -0.39 is 0 Å². The minimum Gasteiger partial charge on any atom is -0.373 e. The van der Waals surface area contributed by atoms with Crippen LogP contribution in [-0.2, 0) is 6.54 Å². The van der Waals surface area contributed by atoms with Crippen LogP contribution in [0.5, 0.6) is 0 Å².